The van der Waals surface area contributed by atoms with E-state index in [9.17, 15) is 0 Å². The summed E-state index contributed by atoms with van der Waals surface area (Å²) in [6.45, 7) is 2.56. The minimum atomic E-state index is -0.0507. The van der Waals surface area contributed by atoms with E-state index in [2.05, 4.69) is 31.8 Å². The topological polar surface area (TPSA) is 77.8 Å². The minimum absolute atomic E-state index is 0.0507. The van der Waals surface area contributed by atoms with Crippen molar-refractivity contribution >= 4 is 28.2 Å². The van der Waals surface area contributed by atoms with Crippen LogP contribution in [0.4, 0.5) is 5.82 Å². The van der Waals surface area contributed by atoms with E-state index in [-0.39, 0.29) is 6.10 Å². The van der Waals surface area contributed by atoms with Gasteiger partial charge in [0.15, 0.2) is 11.5 Å². The number of aromatic nitrogens is 5. The van der Waals surface area contributed by atoms with Crippen LogP contribution < -0.4 is 5.32 Å². The molecule has 0 fully saturated rings. The van der Waals surface area contributed by atoms with Gasteiger partial charge in [0.2, 0.25) is 0 Å². The number of pyridine rings is 1. The summed E-state index contributed by atoms with van der Waals surface area (Å²) in [5, 5.41) is 10.9. The summed E-state index contributed by atoms with van der Waals surface area (Å²) in [4.78, 5) is 15.0. The van der Waals surface area contributed by atoms with Gasteiger partial charge in [-0.2, -0.15) is 5.10 Å². The number of hydrogen-bond acceptors (Lipinski definition) is 7. The van der Waals surface area contributed by atoms with E-state index >= 15 is 0 Å². The van der Waals surface area contributed by atoms with Gasteiger partial charge < -0.3 is 10.1 Å². The maximum Gasteiger partial charge on any atom is 0.182 e. The Balaban J connectivity index is 1.74. The van der Waals surface area contributed by atoms with Crippen LogP contribution in [-0.4, -0.2) is 38.4 Å². The molecule has 1 N–H and O–H groups in total. The molecule has 4 aromatic rings. The van der Waals surface area contributed by atoms with Crippen LogP contribution in [0.15, 0.2) is 41.9 Å². The molecule has 0 spiro atoms. The van der Waals surface area contributed by atoms with Crippen LogP contribution in [0.5, 0.6) is 0 Å². The predicted octanol–water partition coefficient (Wildman–Crippen LogP) is 3.59. The van der Waals surface area contributed by atoms with E-state index in [0.717, 1.165) is 28.2 Å². The lowest BCUT2D eigenvalue weighted by atomic mass is 10.2. The Morgan fingerprint density at radius 3 is 2.81 bits per heavy atom. The lowest BCUT2D eigenvalue weighted by Crippen LogP contribution is -2.15. The summed E-state index contributed by atoms with van der Waals surface area (Å²) in [7, 11) is 3.61. The summed E-state index contributed by atoms with van der Waals surface area (Å²) in [6, 6.07) is 9.80. The molecule has 0 unspecified atom stereocenters. The molecule has 0 saturated heterocycles. The number of anilines is 1. The Bertz CT molecular complexity index is 1050. The van der Waals surface area contributed by atoms with Crippen molar-refractivity contribution in [1.82, 2.24) is 24.7 Å². The lowest BCUT2D eigenvalue weighted by molar-refractivity contribution is 0.117. The van der Waals surface area contributed by atoms with Crippen molar-refractivity contribution in [1.29, 1.82) is 0 Å². The quantitative estimate of drug-likeness (QED) is 0.551. The van der Waals surface area contributed by atoms with Crippen LogP contribution in [0.2, 0.25) is 0 Å². The molecule has 0 aliphatic heterocycles. The van der Waals surface area contributed by atoms with Gasteiger partial charge in [-0.25, -0.2) is 9.97 Å². The second-order valence-electron chi connectivity index (χ2n) is 6.14. The second kappa shape index (κ2) is 7.42. The Hall–Kier alpha value is -2.84. The Kier molecular flexibility index (Phi) is 4.83. The number of fused-ring (bicyclic) bond motifs is 1. The van der Waals surface area contributed by atoms with Gasteiger partial charge in [-0.05, 0) is 30.5 Å². The van der Waals surface area contributed by atoms with Crippen LogP contribution in [0.1, 0.15) is 16.7 Å². The largest absolute Gasteiger partial charge is 0.374 e. The molecule has 0 aliphatic rings. The number of rotatable bonds is 6. The third kappa shape index (κ3) is 3.41. The number of aryl methyl sites for hydroxylation is 2. The van der Waals surface area contributed by atoms with Gasteiger partial charge in [0, 0.05) is 31.8 Å². The Morgan fingerprint density at radius 2 is 2.11 bits per heavy atom. The molecule has 138 valence electrons. The third-order valence-corrected chi connectivity index (χ3v) is 5.32. The molecule has 4 heterocycles. The van der Waals surface area contributed by atoms with Gasteiger partial charge in [0.05, 0.1) is 11.1 Å². The molecule has 0 aliphatic carbocycles. The molecule has 1 atom stereocenters. The molecule has 4 aromatic heterocycles. The zero-order valence-corrected chi connectivity index (χ0v) is 16.2. The summed E-state index contributed by atoms with van der Waals surface area (Å²) < 4.78 is 7.42. The lowest BCUT2D eigenvalue weighted by Gasteiger charge is -2.16. The van der Waals surface area contributed by atoms with Crippen LogP contribution >= 0.6 is 11.3 Å². The van der Waals surface area contributed by atoms with Crippen molar-refractivity contribution in [3.63, 3.8) is 0 Å². The predicted molar refractivity (Wildman–Crippen MR) is 107 cm³/mol. The number of nitrogens with one attached hydrogen (secondary N) is 1. The minimum Gasteiger partial charge on any atom is -0.374 e. The molecule has 8 heteroatoms. The average molecular weight is 380 g/mol. The molecule has 0 amide bonds. The second-order valence-corrected chi connectivity index (χ2v) is 7.12. The normalized spacial score (nSPS) is 12.4. The SMILES string of the molecule is CO[C@H](CNc1nc(-c2ccccn2)nc2c1c(C)nn2C)c1cccs1. The number of nitrogens with zero attached hydrogens (tertiary/aromatic N) is 5. The van der Waals surface area contributed by atoms with Gasteiger partial charge in [0.1, 0.15) is 17.6 Å². The summed E-state index contributed by atoms with van der Waals surface area (Å²) in [5.74, 6) is 1.31. The summed E-state index contributed by atoms with van der Waals surface area (Å²) >= 11 is 1.68. The molecule has 4 rings (SSSR count). The van der Waals surface area contributed by atoms with E-state index in [4.69, 9.17) is 9.72 Å². The van der Waals surface area contributed by atoms with E-state index in [1.807, 2.05) is 38.2 Å². The first-order valence-corrected chi connectivity index (χ1v) is 9.48. The van der Waals surface area contributed by atoms with E-state index in [1.54, 1.807) is 29.3 Å². The van der Waals surface area contributed by atoms with Crippen molar-refractivity contribution < 1.29 is 4.74 Å². The highest BCUT2D eigenvalue weighted by Crippen LogP contribution is 2.28. The molecule has 0 radical (unpaired) electrons. The van der Waals surface area contributed by atoms with Crippen molar-refractivity contribution in [3.8, 4) is 11.5 Å². The van der Waals surface area contributed by atoms with Crippen molar-refractivity contribution in [2.45, 2.75) is 13.0 Å². The fourth-order valence-corrected chi connectivity index (χ4v) is 3.84. The third-order valence-electron chi connectivity index (χ3n) is 4.35. The van der Waals surface area contributed by atoms with Gasteiger partial charge >= 0.3 is 0 Å². The highest BCUT2D eigenvalue weighted by molar-refractivity contribution is 7.10. The molecule has 0 bridgehead atoms. The maximum absolute atomic E-state index is 5.65. The standard InChI is InChI=1S/C19H20N6OS/c1-12-16-18(21-11-14(26-3)15-8-6-10-27-15)22-17(13-7-4-5-9-20-13)23-19(16)25(2)24-12/h4-10,14H,11H2,1-3H3,(H,21,22,23)/t14-/m1/s1. The van der Waals surface area contributed by atoms with E-state index in [1.165, 1.54) is 4.88 Å². The molecule has 27 heavy (non-hydrogen) atoms. The van der Waals surface area contributed by atoms with Gasteiger partial charge in [-0.1, -0.05) is 12.1 Å². The first-order valence-electron chi connectivity index (χ1n) is 8.60. The van der Waals surface area contributed by atoms with Gasteiger partial charge in [-0.15, -0.1) is 11.3 Å². The number of hydrogen-bond donors (Lipinski definition) is 1. The molecular formula is C19H20N6OS. The van der Waals surface area contributed by atoms with Crippen molar-refractivity contribution in [2.75, 3.05) is 19.0 Å². The average Bonchev–Trinajstić information content (AvgIpc) is 3.32. The first kappa shape index (κ1) is 17.6. The molecule has 0 saturated carbocycles. The van der Waals surface area contributed by atoms with Gasteiger partial charge in [0.25, 0.3) is 0 Å². The number of thiophene rings is 1. The summed E-state index contributed by atoms with van der Waals surface area (Å²) in [5.41, 5.74) is 2.38. The van der Waals surface area contributed by atoms with Gasteiger partial charge in [-0.3, -0.25) is 9.67 Å². The van der Waals surface area contributed by atoms with Crippen molar-refractivity contribution in [3.05, 3.63) is 52.5 Å². The first-order chi connectivity index (χ1) is 13.2. The molecular weight excluding hydrogens is 360 g/mol. The fraction of sp³-hybridized carbons (Fsp3) is 0.263. The Labute approximate surface area is 161 Å². The number of ether oxygens (including phenoxy) is 1. The van der Waals surface area contributed by atoms with Crippen LogP contribution in [0.3, 0.4) is 0 Å². The number of methoxy groups -OCH3 is 1. The molecule has 0 aromatic carbocycles. The highest BCUT2D eigenvalue weighted by atomic mass is 32.1. The zero-order valence-electron chi connectivity index (χ0n) is 15.4. The van der Waals surface area contributed by atoms with Crippen LogP contribution in [0, 0.1) is 6.92 Å². The maximum atomic E-state index is 5.65. The van der Waals surface area contributed by atoms with Crippen molar-refractivity contribution in [2.24, 2.45) is 7.05 Å². The van der Waals surface area contributed by atoms with Crippen LogP contribution in [0.25, 0.3) is 22.6 Å². The Morgan fingerprint density at radius 1 is 1.22 bits per heavy atom. The van der Waals surface area contributed by atoms with Crippen LogP contribution in [-0.2, 0) is 11.8 Å². The van der Waals surface area contributed by atoms with E-state index < -0.39 is 0 Å². The zero-order chi connectivity index (χ0) is 18.8. The monoisotopic (exact) mass is 380 g/mol. The van der Waals surface area contributed by atoms with E-state index in [0.29, 0.717) is 12.4 Å². The highest BCUT2D eigenvalue weighted by Gasteiger charge is 2.18. The fourth-order valence-electron chi connectivity index (χ4n) is 3.04. The smallest absolute Gasteiger partial charge is 0.182 e. The summed E-state index contributed by atoms with van der Waals surface area (Å²) in [6.07, 6.45) is 1.69. The molecule has 7 nitrogen and oxygen atoms in total.